The van der Waals surface area contributed by atoms with Gasteiger partial charge in [0, 0.05) is 0 Å². The molecule has 0 bridgehead atoms. The van der Waals surface area contributed by atoms with E-state index in [-0.39, 0.29) is 11.1 Å². The van der Waals surface area contributed by atoms with Crippen LogP contribution in [0.2, 0.25) is 0 Å². The summed E-state index contributed by atoms with van der Waals surface area (Å²) in [6.45, 7) is 0. The van der Waals surface area contributed by atoms with Gasteiger partial charge in [-0.15, -0.1) is 0 Å². The number of nitrogens with two attached hydrogens (primary N) is 2. The van der Waals surface area contributed by atoms with Crippen LogP contribution in [0.3, 0.4) is 0 Å². The topological polar surface area (TPSA) is 127 Å². The van der Waals surface area contributed by atoms with Gasteiger partial charge in [-0.25, -0.2) is 9.59 Å². The monoisotopic (exact) mass is 362 g/mol. The van der Waals surface area contributed by atoms with Crippen LogP contribution in [0.1, 0.15) is 31.8 Å². The van der Waals surface area contributed by atoms with Gasteiger partial charge in [0.15, 0.2) is 0 Å². The second-order valence-electron chi connectivity index (χ2n) is 6.15. The minimum absolute atomic E-state index is 0.0833. The maximum absolute atomic E-state index is 10.3. The first-order valence-corrected chi connectivity index (χ1v) is 8.16. The van der Waals surface area contributed by atoms with Gasteiger partial charge in [-0.05, 0) is 46.5 Å². The number of rotatable bonds is 2. The molecule has 1 aliphatic carbocycles. The van der Waals surface area contributed by atoms with Gasteiger partial charge in [0.1, 0.15) is 5.66 Å². The van der Waals surface area contributed by atoms with Crippen molar-refractivity contribution in [2.45, 2.75) is 5.66 Å². The molecular formula is C21H18N2O4. The molecule has 0 fully saturated rings. The predicted octanol–water partition coefficient (Wildman–Crippen LogP) is 2.87. The van der Waals surface area contributed by atoms with Crippen LogP contribution in [0.4, 0.5) is 0 Å². The Labute approximate surface area is 155 Å². The van der Waals surface area contributed by atoms with E-state index in [4.69, 9.17) is 21.7 Å². The fourth-order valence-electron chi connectivity index (χ4n) is 3.06. The van der Waals surface area contributed by atoms with Gasteiger partial charge >= 0.3 is 11.9 Å². The molecule has 4 rings (SSSR count). The van der Waals surface area contributed by atoms with Crippen LogP contribution in [0.15, 0.2) is 72.8 Å². The molecule has 27 heavy (non-hydrogen) atoms. The van der Waals surface area contributed by atoms with Crippen molar-refractivity contribution < 1.29 is 19.8 Å². The van der Waals surface area contributed by atoms with Crippen LogP contribution < -0.4 is 11.5 Å². The number of fused-ring (bicyclic) bond motifs is 3. The first-order chi connectivity index (χ1) is 12.8. The molecule has 0 atom stereocenters. The Hall–Kier alpha value is -3.48. The van der Waals surface area contributed by atoms with Gasteiger partial charge < -0.3 is 21.7 Å². The third-order valence-corrected chi connectivity index (χ3v) is 4.41. The van der Waals surface area contributed by atoms with Crippen LogP contribution in [0.5, 0.6) is 0 Å². The van der Waals surface area contributed by atoms with Gasteiger partial charge in [-0.2, -0.15) is 0 Å². The summed E-state index contributed by atoms with van der Waals surface area (Å²) in [6.07, 6.45) is 0. The molecule has 6 heteroatoms. The summed E-state index contributed by atoms with van der Waals surface area (Å²) in [5, 5.41) is 16.9. The van der Waals surface area contributed by atoms with E-state index in [1.54, 1.807) is 0 Å². The third-order valence-electron chi connectivity index (χ3n) is 4.41. The molecule has 6 nitrogen and oxygen atoms in total. The largest absolute Gasteiger partial charge is 0.478 e. The Balaban J connectivity index is 0.000000161. The SMILES string of the molecule is NC1(N)c2ccccc2-c2ccccc21.O=C(O)c1ccc(C(=O)O)cc1. The van der Waals surface area contributed by atoms with E-state index in [1.165, 1.54) is 24.3 Å². The zero-order valence-corrected chi connectivity index (χ0v) is 14.3. The van der Waals surface area contributed by atoms with Crippen molar-refractivity contribution in [2.75, 3.05) is 0 Å². The van der Waals surface area contributed by atoms with Gasteiger partial charge in [-0.1, -0.05) is 48.5 Å². The lowest BCUT2D eigenvalue weighted by Crippen LogP contribution is -2.45. The molecule has 0 radical (unpaired) electrons. The Morgan fingerprint density at radius 3 is 1.30 bits per heavy atom. The van der Waals surface area contributed by atoms with Crippen LogP contribution in [-0.2, 0) is 5.66 Å². The van der Waals surface area contributed by atoms with Gasteiger partial charge in [-0.3, -0.25) is 0 Å². The molecule has 136 valence electrons. The number of carbonyl (C=O) groups is 2. The molecule has 3 aromatic carbocycles. The second kappa shape index (κ2) is 7.03. The van der Waals surface area contributed by atoms with Crippen LogP contribution in [-0.4, -0.2) is 22.2 Å². The van der Waals surface area contributed by atoms with E-state index in [1.807, 2.05) is 36.4 Å². The average Bonchev–Trinajstić information content (AvgIpc) is 2.91. The highest BCUT2D eigenvalue weighted by atomic mass is 16.4. The summed E-state index contributed by atoms with van der Waals surface area (Å²) in [4.78, 5) is 20.7. The molecule has 6 N–H and O–H groups in total. The van der Waals surface area contributed by atoms with E-state index in [0.29, 0.717) is 0 Å². The fraction of sp³-hybridized carbons (Fsp3) is 0.0476. The van der Waals surface area contributed by atoms with Crippen molar-refractivity contribution >= 4 is 11.9 Å². The van der Waals surface area contributed by atoms with Crippen molar-refractivity contribution in [1.82, 2.24) is 0 Å². The smallest absolute Gasteiger partial charge is 0.335 e. The van der Waals surface area contributed by atoms with Crippen molar-refractivity contribution in [3.8, 4) is 11.1 Å². The normalized spacial score (nSPS) is 13.0. The molecule has 0 heterocycles. The van der Waals surface area contributed by atoms with Gasteiger partial charge in [0.2, 0.25) is 0 Å². The molecule has 0 aromatic heterocycles. The zero-order valence-electron chi connectivity index (χ0n) is 14.3. The van der Waals surface area contributed by atoms with E-state index in [0.717, 1.165) is 22.3 Å². The standard InChI is InChI=1S/C13H12N2.C8H6O4/c14-13(15)11-7-3-1-5-9(11)10-6-2-4-8-12(10)13;9-7(10)5-1-2-6(4-3-5)8(11)12/h1-8H,14-15H2;1-4H,(H,9,10)(H,11,12). The molecule has 0 saturated carbocycles. The molecule has 0 aliphatic heterocycles. The molecule has 0 amide bonds. The number of carboxylic acid groups (broad SMARTS) is 2. The van der Waals surface area contributed by atoms with Crippen molar-refractivity contribution in [3.63, 3.8) is 0 Å². The summed E-state index contributed by atoms with van der Waals surface area (Å²) in [7, 11) is 0. The summed E-state index contributed by atoms with van der Waals surface area (Å²) >= 11 is 0. The minimum Gasteiger partial charge on any atom is -0.478 e. The first kappa shape index (κ1) is 18.3. The quantitative estimate of drug-likeness (QED) is 0.519. The minimum atomic E-state index is -1.06. The lowest BCUT2D eigenvalue weighted by atomic mass is 10.00. The average molecular weight is 362 g/mol. The number of carboxylic acids is 2. The maximum atomic E-state index is 10.3. The van der Waals surface area contributed by atoms with Crippen LogP contribution in [0, 0.1) is 0 Å². The lowest BCUT2D eigenvalue weighted by molar-refractivity contribution is 0.0681. The molecule has 3 aromatic rings. The third kappa shape index (κ3) is 3.44. The predicted molar refractivity (Wildman–Crippen MR) is 101 cm³/mol. The Morgan fingerprint density at radius 2 is 0.963 bits per heavy atom. The molecular weight excluding hydrogens is 344 g/mol. The maximum Gasteiger partial charge on any atom is 0.335 e. The lowest BCUT2D eigenvalue weighted by Gasteiger charge is -2.20. The molecule has 1 aliphatic rings. The van der Waals surface area contributed by atoms with Crippen molar-refractivity contribution in [2.24, 2.45) is 11.5 Å². The number of hydrogen-bond donors (Lipinski definition) is 4. The van der Waals surface area contributed by atoms with E-state index in [9.17, 15) is 9.59 Å². The number of benzene rings is 3. The number of hydrogen-bond acceptors (Lipinski definition) is 4. The first-order valence-electron chi connectivity index (χ1n) is 8.16. The molecule has 0 saturated heterocycles. The highest BCUT2D eigenvalue weighted by Gasteiger charge is 2.35. The summed E-state index contributed by atoms with van der Waals surface area (Å²) in [5.74, 6) is -2.13. The van der Waals surface area contributed by atoms with Crippen LogP contribution >= 0.6 is 0 Å². The van der Waals surface area contributed by atoms with E-state index >= 15 is 0 Å². The Morgan fingerprint density at radius 1 is 0.630 bits per heavy atom. The summed E-state index contributed by atoms with van der Waals surface area (Å²) in [6, 6.07) is 21.1. The van der Waals surface area contributed by atoms with Crippen LogP contribution in [0.25, 0.3) is 11.1 Å². The zero-order chi connectivity index (χ0) is 19.6. The summed E-state index contributed by atoms with van der Waals surface area (Å²) < 4.78 is 0. The second-order valence-corrected chi connectivity index (χ2v) is 6.15. The van der Waals surface area contributed by atoms with Crippen molar-refractivity contribution in [3.05, 3.63) is 95.1 Å². The molecule has 0 spiro atoms. The summed E-state index contributed by atoms with van der Waals surface area (Å²) in [5.41, 5.74) is 16.0. The van der Waals surface area contributed by atoms with Gasteiger partial charge in [0.25, 0.3) is 0 Å². The Bertz CT molecular complexity index is 930. The fourth-order valence-corrected chi connectivity index (χ4v) is 3.06. The molecule has 0 unspecified atom stereocenters. The number of aromatic carboxylic acids is 2. The van der Waals surface area contributed by atoms with E-state index < -0.39 is 17.6 Å². The highest BCUT2D eigenvalue weighted by molar-refractivity contribution is 5.91. The Kier molecular flexibility index (Phi) is 4.77. The van der Waals surface area contributed by atoms with Crippen molar-refractivity contribution in [1.29, 1.82) is 0 Å². The highest BCUT2D eigenvalue weighted by Crippen LogP contribution is 2.42. The van der Waals surface area contributed by atoms with Gasteiger partial charge in [0.05, 0.1) is 11.1 Å². The van der Waals surface area contributed by atoms with E-state index in [2.05, 4.69) is 12.1 Å².